The maximum Gasteiger partial charge on any atom is 0.437 e. The summed E-state index contributed by atoms with van der Waals surface area (Å²) in [7, 11) is 0. The van der Waals surface area contributed by atoms with E-state index in [1.807, 2.05) is 0 Å². The molecule has 2 rings (SSSR count). The Balaban J connectivity index is 2.54. The summed E-state index contributed by atoms with van der Waals surface area (Å²) in [4.78, 5) is 12.1. The quantitative estimate of drug-likeness (QED) is 0.570. The molecule has 1 aromatic carbocycles. The fraction of sp³-hybridized carbons (Fsp3) is 0.429. The zero-order chi connectivity index (χ0) is 17.3. The Labute approximate surface area is 135 Å². The van der Waals surface area contributed by atoms with Crippen molar-refractivity contribution in [2.24, 2.45) is 5.92 Å². The highest BCUT2D eigenvalue weighted by Crippen LogP contribution is 2.42. The highest BCUT2D eigenvalue weighted by Gasteiger charge is 2.66. The lowest BCUT2D eigenvalue weighted by Crippen LogP contribution is -2.73. The molecule has 1 aliphatic rings. The van der Waals surface area contributed by atoms with Crippen molar-refractivity contribution in [2.75, 3.05) is 6.61 Å². The lowest BCUT2D eigenvalue weighted by atomic mass is 9.82. The number of ether oxygens (including phenoxy) is 1. The van der Waals surface area contributed by atoms with Crippen LogP contribution in [0.1, 0.15) is 18.5 Å². The average Bonchev–Trinajstić information content (AvgIpc) is 2.46. The highest BCUT2D eigenvalue weighted by molar-refractivity contribution is 7.80. The third-order valence-electron chi connectivity index (χ3n) is 3.51. The van der Waals surface area contributed by atoms with Crippen LogP contribution in [-0.4, -0.2) is 34.7 Å². The summed E-state index contributed by atoms with van der Waals surface area (Å²) in [6.45, 7) is 1.35. The van der Waals surface area contributed by atoms with Crippen LogP contribution >= 0.6 is 12.2 Å². The van der Waals surface area contributed by atoms with Crippen LogP contribution in [0.15, 0.2) is 30.3 Å². The second-order valence-corrected chi connectivity index (χ2v) is 5.39. The average molecular weight is 348 g/mol. The molecule has 9 heteroatoms. The summed E-state index contributed by atoms with van der Waals surface area (Å²) in [5.41, 5.74) is -3.15. The zero-order valence-electron chi connectivity index (χ0n) is 12.1. The molecule has 3 N–H and O–H groups in total. The van der Waals surface area contributed by atoms with Crippen LogP contribution in [0.2, 0.25) is 0 Å². The largest absolute Gasteiger partial charge is 0.466 e. The van der Waals surface area contributed by atoms with Crippen LogP contribution < -0.4 is 10.6 Å². The Kier molecular flexibility index (Phi) is 4.81. The van der Waals surface area contributed by atoms with Gasteiger partial charge in [-0.05, 0) is 24.7 Å². The maximum absolute atomic E-state index is 13.4. The number of aliphatic hydroxyl groups is 1. The first kappa shape index (κ1) is 17.5. The molecule has 0 aromatic heterocycles. The number of rotatable bonds is 3. The summed E-state index contributed by atoms with van der Waals surface area (Å²) in [6, 6.07) is 6.78. The Morgan fingerprint density at radius 2 is 2.00 bits per heavy atom. The molecule has 1 aliphatic heterocycles. The fourth-order valence-corrected chi connectivity index (χ4v) is 2.76. The van der Waals surface area contributed by atoms with Gasteiger partial charge in [-0.25, -0.2) is 0 Å². The van der Waals surface area contributed by atoms with Crippen LogP contribution in [0.5, 0.6) is 0 Å². The number of alkyl halides is 3. The van der Waals surface area contributed by atoms with Gasteiger partial charge in [-0.1, -0.05) is 30.3 Å². The van der Waals surface area contributed by atoms with E-state index in [0.717, 1.165) is 0 Å². The minimum atomic E-state index is -5.14. The van der Waals surface area contributed by atoms with Crippen molar-refractivity contribution in [3.8, 4) is 0 Å². The number of nitrogens with one attached hydrogen (secondary N) is 2. The minimum absolute atomic E-state index is 0.116. The standard InChI is InChI=1S/C14H15F3N2O3S/c1-2-22-11(20)9-10(8-6-4-3-5-7-8)18-12(23)19-13(9,21)14(15,16)17/h3-7,9-10,21H,2H2,1H3,(H2,18,19,23)/t9-,10-,13-/m1/s1. The van der Waals surface area contributed by atoms with Crippen molar-refractivity contribution in [3.05, 3.63) is 35.9 Å². The molecule has 5 nitrogen and oxygen atoms in total. The summed E-state index contributed by atoms with van der Waals surface area (Å²) >= 11 is 4.77. The smallest absolute Gasteiger partial charge is 0.437 e. The molecule has 1 heterocycles. The number of benzene rings is 1. The van der Waals surface area contributed by atoms with E-state index in [4.69, 9.17) is 17.0 Å². The Bertz CT molecular complexity index is 597. The Hall–Kier alpha value is -1.87. The highest BCUT2D eigenvalue weighted by atomic mass is 32.1. The van der Waals surface area contributed by atoms with Crippen LogP contribution in [-0.2, 0) is 9.53 Å². The monoisotopic (exact) mass is 348 g/mol. The van der Waals surface area contributed by atoms with Crippen molar-refractivity contribution in [1.29, 1.82) is 0 Å². The van der Waals surface area contributed by atoms with Crippen molar-refractivity contribution < 1.29 is 27.8 Å². The van der Waals surface area contributed by atoms with E-state index in [1.165, 1.54) is 19.1 Å². The number of hydrogen-bond acceptors (Lipinski definition) is 4. The molecule has 1 fully saturated rings. The maximum atomic E-state index is 13.4. The van der Waals surface area contributed by atoms with Gasteiger partial charge < -0.3 is 20.5 Å². The van der Waals surface area contributed by atoms with E-state index in [2.05, 4.69) is 5.32 Å². The molecule has 0 unspecified atom stereocenters. The van der Waals surface area contributed by atoms with E-state index >= 15 is 0 Å². The molecule has 0 aliphatic carbocycles. The molecule has 0 spiro atoms. The summed E-state index contributed by atoms with van der Waals surface area (Å²) in [5, 5.41) is 14.2. The first-order valence-electron chi connectivity index (χ1n) is 6.80. The molecule has 126 valence electrons. The van der Waals surface area contributed by atoms with Crippen molar-refractivity contribution >= 4 is 23.3 Å². The molecule has 3 atom stereocenters. The number of hydrogen-bond donors (Lipinski definition) is 3. The van der Waals surface area contributed by atoms with Gasteiger partial charge in [0.1, 0.15) is 5.92 Å². The second kappa shape index (κ2) is 6.32. The van der Waals surface area contributed by atoms with Crippen LogP contribution in [0, 0.1) is 5.92 Å². The lowest BCUT2D eigenvalue weighted by molar-refractivity contribution is -0.292. The van der Waals surface area contributed by atoms with Gasteiger partial charge >= 0.3 is 12.1 Å². The number of thiocarbonyl (C=S) groups is 1. The number of carbonyl (C=O) groups is 1. The van der Waals surface area contributed by atoms with Gasteiger partial charge in [-0.2, -0.15) is 13.2 Å². The molecule has 0 bridgehead atoms. The van der Waals surface area contributed by atoms with Crippen LogP contribution in [0.25, 0.3) is 0 Å². The first-order chi connectivity index (χ1) is 10.7. The van der Waals surface area contributed by atoms with E-state index in [9.17, 15) is 23.1 Å². The van der Waals surface area contributed by atoms with E-state index in [-0.39, 0.29) is 6.61 Å². The fourth-order valence-electron chi connectivity index (χ4n) is 2.47. The Morgan fingerprint density at radius 3 is 2.52 bits per heavy atom. The van der Waals surface area contributed by atoms with Crippen LogP contribution in [0.4, 0.5) is 13.2 Å². The van der Waals surface area contributed by atoms with Gasteiger partial charge in [-0.3, -0.25) is 4.79 Å². The molecule has 23 heavy (non-hydrogen) atoms. The normalized spacial score (nSPS) is 27.8. The number of carbonyl (C=O) groups excluding carboxylic acids is 1. The SMILES string of the molecule is CCOC(=O)[C@H]1[C@@H](c2ccccc2)NC(=S)N[C@]1(O)C(F)(F)F. The van der Waals surface area contributed by atoms with Crippen LogP contribution in [0.3, 0.4) is 0 Å². The van der Waals surface area contributed by atoms with Crippen molar-refractivity contribution in [3.63, 3.8) is 0 Å². The summed E-state index contributed by atoms with van der Waals surface area (Å²) in [5.74, 6) is -3.14. The van der Waals surface area contributed by atoms with Gasteiger partial charge in [0.05, 0.1) is 12.6 Å². The molecule has 1 aromatic rings. The predicted molar refractivity (Wildman–Crippen MR) is 79.2 cm³/mol. The zero-order valence-corrected chi connectivity index (χ0v) is 12.9. The molecular formula is C14H15F3N2O3S. The second-order valence-electron chi connectivity index (χ2n) is 4.98. The van der Waals surface area contributed by atoms with E-state index in [0.29, 0.717) is 5.56 Å². The number of halogens is 3. The predicted octanol–water partition coefficient (Wildman–Crippen LogP) is 1.64. The Morgan fingerprint density at radius 1 is 1.39 bits per heavy atom. The molecule has 0 radical (unpaired) electrons. The summed E-state index contributed by atoms with van der Waals surface area (Å²) in [6.07, 6.45) is -5.14. The van der Waals surface area contributed by atoms with Crippen molar-refractivity contribution in [2.45, 2.75) is 24.9 Å². The minimum Gasteiger partial charge on any atom is -0.466 e. The van der Waals surface area contributed by atoms with E-state index < -0.39 is 34.9 Å². The van der Waals surface area contributed by atoms with E-state index in [1.54, 1.807) is 23.5 Å². The molecule has 1 saturated heterocycles. The first-order valence-corrected chi connectivity index (χ1v) is 7.21. The summed E-state index contributed by atoms with van der Waals surface area (Å²) < 4.78 is 45.0. The van der Waals surface area contributed by atoms with Gasteiger partial charge in [0, 0.05) is 0 Å². The van der Waals surface area contributed by atoms with Gasteiger partial charge in [0.25, 0.3) is 5.72 Å². The molecule has 0 saturated carbocycles. The molecule has 0 amide bonds. The third-order valence-corrected chi connectivity index (χ3v) is 3.73. The van der Waals surface area contributed by atoms with Gasteiger partial charge in [0.2, 0.25) is 0 Å². The molecular weight excluding hydrogens is 333 g/mol. The number of esters is 1. The van der Waals surface area contributed by atoms with Gasteiger partial charge in [0.15, 0.2) is 5.11 Å². The third kappa shape index (κ3) is 3.25. The lowest BCUT2D eigenvalue weighted by Gasteiger charge is -2.45. The topological polar surface area (TPSA) is 70.6 Å². The van der Waals surface area contributed by atoms with Gasteiger partial charge in [-0.15, -0.1) is 0 Å². The van der Waals surface area contributed by atoms with Crippen molar-refractivity contribution in [1.82, 2.24) is 10.6 Å².